The quantitative estimate of drug-likeness (QED) is 0.621. The van der Waals surface area contributed by atoms with Crippen molar-refractivity contribution >= 4 is 27.5 Å². The van der Waals surface area contributed by atoms with Crippen molar-refractivity contribution in [2.45, 2.75) is 25.1 Å². The molecular weight excluding hydrogens is 336 g/mol. The second kappa shape index (κ2) is 6.64. The average molecular weight is 354 g/mol. The van der Waals surface area contributed by atoms with Crippen LogP contribution in [0.2, 0.25) is 0 Å². The molecule has 2 aromatic rings. The summed E-state index contributed by atoms with van der Waals surface area (Å²) in [6.07, 6.45) is 0. The summed E-state index contributed by atoms with van der Waals surface area (Å²) in [5, 5.41) is -0.219. The smallest absolute Gasteiger partial charge is 0.123 e. The first-order chi connectivity index (χ1) is 9.52. The minimum absolute atomic E-state index is 0.219. The maximum atomic E-state index is 6.62. The molecule has 0 aliphatic heterocycles. The molecule has 0 aliphatic carbocycles. The highest BCUT2D eigenvalue weighted by atomic mass is 79.9. The fourth-order valence-electron chi connectivity index (χ4n) is 2.13. The van der Waals surface area contributed by atoms with Crippen LogP contribution in [0.25, 0.3) is 0 Å². The van der Waals surface area contributed by atoms with Gasteiger partial charge < -0.3 is 4.74 Å². The van der Waals surface area contributed by atoms with Gasteiger partial charge in [-0.3, -0.25) is 0 Å². The molecule has 1 nitrogen and oxygen atoms in total. The number of hydrogen-bond acceptors (Lipinski definition) is 1. The monoisotopic (exact) mass is 352 g/mol. The summed E-state index contributed by atoms with van der Waals surface area (Å²) in [5.74, 6) is 1.33. The summed E-state index contributed by atoms with van der Waals surface area (Å²) in [5.41, 5.74) is 3.37. The highest BCUT2D eigenvalue weighted by Gasteiger charge is 2.16. The Morgan fingerprint density at radius 1 is 1.00 bits per heavy atom. The van der Waals surface area contributed by atoms with Crippen LogP contribution in [0.15, 0.2) is 46.9 Å². The molecule has 0 saturated heterocycles. The zero-order chi connectivity index (χ0) is 14.7. The lowest BCUT2D eigenvalue weighted by atomic mass is 9.98. The largest absolute Gasteiger partial charge is 0.496 e. The maximum absolute atomic E-state index is 6.62. The van der Waals surface area contributed by atoms with Crippen LogP contribution in [0, 0.1) is 0 Å². The van der Waals surface area contributed by atoms with Crippen molar-refractivity contribution in [2.75, 3.05) is 7.11 Å². The molecule has 2 aromatic carbocycles. The Morgan fingerprint density at radius 3 is 2.15 bits per heavy atom. The van der Waals surface area contributed by atoms with Gasteiger partial charge in [0.2, 0.25) is 0 Å². The number of methoxy groups -OCH3 is 1. The fourth-order valence-corrected chi connectivity index (χ4v) is 2.83. The summed E-state index contributed by atoms with van der Waals surface area (Å²) in [4.78, 5) is 0. The number of ether oxygens (including phenoxy) is 1. The van der Waals surface area contributed by atoms with Gasteiger partial charge in [0.05, 0.1) is 12.5 Å². The Hall–Kier alpha value is -0.990. The van der Waals surface area contributed by atoms with Crippen LogP contribution in [-0.2, 0) is 0 Å². The van der Waals surface area contributed by atoms with E-state index in [1.54, 1.807) is 7.11 Å². The topological polar surface area (TPSA) is 9.23 Å². The van der Waals surface area contributed by atoms with Gasteiger partial charge in [-0.15, -0.1) is 11.6 Å². The van der Waals surface area contributed by atoms with Crippen molar-refractivity contribution in [1.82, 2.24) is 0 Å². The molecule has 0 saturated carbocycles. The molecule has 0 heterocycles. The zero-order valence-electron chi connectivity index (χ0n) is 11.9. The third-order valence-electron chi connectivity index (χ3n) is 3.36. The van der Waals surface area contributed by atoms with Crippen molar-refractivity contribution in [3.63, 3.8) is 0 Å². The fraction of sp³-hybridized carbons (Fsp3) is 0.294. The van der Waals surface area contributed by atoms with E-state index >= 15 is 0 Å². The van der Waals surface area contributed by atoms with Crippen molar-refractivity contribution in [1.29, 1.82) is 0 Å². The van der Waals surface area contributed by atoms with E-state index in [4.69, 9.17) is 16.3 Å². The Balaban J connectivity index is 2.35. The number of hydrogen-bond donors (Lipinski definition) is 0. The summed E-state index contributed by atoms with van der Waals surface area (Å²) < 4.78 is 6.40. The number of alkyl halides is 1. The van der Waals surface area contributed by atoms with Crippen molar-refractivity contribution < 1.29 is 4.74 Å². The summed E-state index contributed by atoms with van der Waals surface area (Å²) in [6, 6.07) is 14.3. The molecule has 0 radical (unpaired) electrons. The van der Waals surface area contributed by atoms with Crippen LogP contribution in [0.3, 0.4) is 0 Å². The van der Waals surface area contributed by atoms with Crippen LogP contribution in [-0.4, -0.2) is 7.11 Å². The predicted octanol–water partition coefficient (Wildman–Crippen LogP) is 5.91. The molecule has 1 unspecified atom stereocenters. The molecule has 1 atom stereocenters. The van der Waals surface area contributed by atoms with Crippen LogP contribution in [0.4, 0.5) is 0 Å². The lowest BCUT2D eigenvalue weighted by molar-refractivity contribution is 0.410. The molecule has 0 spiro atoms. The van der Waals surface area contributed by atoms with E-state index in [0.29, 0.717) is 5.92 Å². The number of benzene rings is 2. The SMILES string of the molecule is COc1ccc(Br)cc1C(Cl)c1ccc(C(C)C)cc1. The molecule has 0 N–H and O–H groups in total. The summed E-state index contributed by atoms with van der Waals surface area (Å²) in [7, 11) is 1.66. The maximum Gasteiger partial charge on any atom is 0.123 e. The van der Waals surface area contributed by atoms with Crippen molar-refractivity contribution in [3.05, 3.63) is 63.6 Å². The van der Waals surface area contributed by atoms with Gasteiger partial charge in [-0.25, -0.2) is 0 Å². The lowest BCUT2D eigenvalue weighted by Gasteiger charge is -2.16. The van der Waals surface area contributed by atoms with Gasteiger partial charge in [-0.1, -0.05) is 54.0 Å². The first-order valence-corrected chi connectivity index (χ1v) is 7.83. The van der Waals surface area contributed by atoms with Gasteiger partial charge >= 0.3 is 0 Å². The molecule has 2 rings (SSSR count). The van der Waals surface area contributed by atoms with E-state index in [9.17, 15) is 0 Å². The average Bonchev–Trinajstić information content (AvgIpc) is 2.46. The number of halogens is 2. The molecule has 3 heteroatoms. The van der Waals surface area contributed by atoms with Gasteiger partial charge in [-0.2, -0.15) is 0 Å². The van der Waals surface area contributed by atoms with E-state index in [1.807, 2.05) is 18.2 Å². The first kappa shape index (κ1) is 15.4. The minimum atomic E-state index is -0.219. The first-order valence-electron chi connectivity index (χ1n) is 6.60. The molecule has 0 amide bonds. The predicted molar refractivity (Wildman–Crippen MR) is 88.9 cm³/mol. The van der Waals surface area contributed by atoms with E-state index < -0.39 is 0 Å². The van der Waals surface area contributed by atoms with Gasteiger partial charge in [0.15, 0.2) is 0 Å². The van der Waals surface area contributed by atoms with E-state index in [2.05, 4.69) is 54.0 Å². The molecule has 20 heavy (non-hydrogen) atoms. The van der Waals surface area contributed by atoms with Gasteiger partial charge in [0.25, 0.3) is 0 Å². The summed E-state index contributed by atoms with van der Waals surface area (Å²) >= 11 is 10.1. The van der Waals surface area contributed by atoms with Crippen LogP contribution in [0.1, 0.15) is 41.8 Å². The van der Waals surface area contributed by atoms with Crippen molar-refractivity contribution in [3.8, 4) is 5.75 Å². The van der Waals surface area contributed by atoms with E-state index in [1.165, 1.54) is 5.56 Å². The molecule has 106 valence electrons. The second-order valence-corrected chi connectivity index (χ2v) is 6.42. The Labute approximate surface area is 134 Å². The molecule has 0 aliphatic rings. The number of rotatable bonds is 4. The molecule has 0 aromatic heterocycles. The molecule has 0 bridgehead atoms. The van der Waals surface area contributed by atoms with Gasteiger partial charge in [0, 0.05) is 10.0 Å². The van der Waals surface area contributed by atoms with Crippen LogP contribution >= 0.6 is 27.5 Å². The summed E-state index contributed by atoms with van der Waals surface area (Å²) in [6.45, 7) is 4.37. The van der Waals surface area contributed by atoms with Gasteiger partial charge in [-0.05, 0) is 35.2 Å². The molecule has 0 fully saturated rings. The highest BCUT2D eigenvalue weighted by molar-refractivity contribution is 9.10. The van der Waals surface area contributed by atoms with Crippen molar-refractivity contribution in [2.24, 2.45) is 0 Å². The highest BCUT2D eigenvalue weighted by Crippen LogP contribution is 2.37. The molecular formula is C17H18BrClO. The third kappa shape index (κ3) is 3.36. The zero-order valence-corrected chi connectivity index (χ0v) is 14.2. The Morgan fingerprint density at radius 2 is 1.60 bits per heavy atom. The van der Waals surface area contributed by atoms with Crippen LogP contribution < -0.4 is 4.74 Å². The Kier molecular flexibility index (Phi) is 5.11. The second-order valence-electron chi connectivity index (χ2n) is 5.07. The minimum Gasteiger partial charge on any atom is -0.496 e. The third-order valence-corrected chi connectivity index (χ3v) is 4.34. The van der Waals surface area contributed by atoms with Gasteiger partial charge in [0.1, 0.15) is 5.75 Å². The Bertz CT molecular complexity index is 578. The van der Waals surface area contributed by atoms with E-state index in [0.717, 1.165) is 21.3 Å². The van der Waals surface area contributed by atoms with E-state index in [-0.39, 0.29) is 5.38 Å². The normalized spacial score (nSPS) is 12.5. The standard InChI is InChI=1S/C17H18BrClO/c1-11(2)12-4-6-13(7-5-12)17(19)15-10-14(18)8-9-16(15)20-3/h4-11,17H,1-3H3. The van der Waals surface area contributed by atoms with Crippen LogP contribution in [0.5, 0.6) is 5.75 Å². The lowest BCUT2D eigenvalue weighted by Crippen LogP contribution is -1.98.